The lowest BCUT2D eigenvalue weighted by atomic mass is 9.88. The van der Waals surface area contributed by atoms with Crippen LogP contribution in [0.2, 0.25) is 20.1 Å². The van der Waals surface area contributed by atoms with Crippen LogP contribution >= 0.6 is 46.4 Å². The van der Waals surface area contributed by atoms with Gasteiger partial charge in [-0.3, -0.25) is 9.59 Å². The van der Waals surface area contributed by atoms with Crippen molar-refractivity contribution in [3.05, 3.63) is 64.6 Å². The zero-order valence-corrected chi connectivity index (χ0v) is 18.2. The van der Waals surface area contributed by atoms with Crippen LogP contribution in [-0.2, 0) is 11.2 Å². The Morgan fingerprint density at radius 2 is 1.32 bits per heavy atom. The van der Waals surface area contributed by atoms with Crippen LogP contribution in [0, 0.1) is 20.8 Å². The second-order valence-corrected chi connectivity index (χ2v) is 8.19. The lowest BCUT2D eigenvalue weighted by Gasteiger charge is -2.33. The van der Waals surface area contributed by atoms with Crippen molar-refractivity contribution in [1.82, 2.24) is 0 Å². The van der Waals surface area contributed by atoms with E-state index in [0.717, 1.165) is 0 Å². The smallest absolute Gasteiger partial charge is 0.183 e. The van der Waals surface area contributed by atoms with Gasteiger partial charge in [-0.05, 0) is 43.0 Å². The summed E-state index contributed by atoms with van der Waals surface area (Å²) >= 11 is 25.7. The first-order valence-electron chi connectivity index (χ1n) is 8.37. The van der Waals surface area contributed by atoms with Gasteiger partial charge in [-0.2, -0.15) is 0 Å². The highest BCUT2D eigenvalue weighted by molar-refractivity contribution is 6.38. The molecule has 148 valence electrons. The molecule has 0 radical (unpaired) electrons. The van der Waals surface area contributed by atoms with Gasteiger partial charge in [-0.15, -0.1) is 0 Å². The molecule has 1 aliphatic rings. The molecule has 28 heavy (non-hydrogen) atoms. The second kappa shape index (κ2) is 7.94. The standard InChI is InChI=1S/C20H16Cl4O4/c1-7-11(5-25)18(23)14(9(3)16(7)21)13-4-10-15(20(27)28-13)19(24)12(6-26)8(2)17(10)22/h5-6,13,20,27H,4H2,1-3H3. The van der Waals surface area contributed by atoms with Crippen LogP contribution in [0.25, 0.3) is 0 Å². The number of fused-ring (bicyclic) bond motifs is 1. The monoisotopic (exact) mass is 460 g/mol. The number of benzene rings is 2. The highest BCUT2D eigenvalue weighted by Gasteiger charge is 2.36. The number of carbonyl (C=O) groups excluding carboxylic acids is 2. The maximum atomic E-state index is 11.5. The van der Waals surface area contributed by atoms with Gasteiger partial charge in [0.25, 0.3) is 0 Å². The predicted molar refractivity (Wildman–Crippen MR) is 110 cm³/mol. The highest BCUT2D eigenvalue weighted by atomic mass is 35.5. The van der Waals surface area contributed by atoms with Crippen LogP contribution in [0.15, 0.2) is 0 Å². The van der Waals surface area contributed by atoms with E-state index in [9.17, 15) is 14.7 Å². The Balaban J connectivity index is 2.23. The molecule has 1 N–H and O–H groups in total. The van der Waals surface area contributed by atoms with Gasteiger partial charge >= 0.3 is 0 Å². The van der Waals surface area contributed by atoms with Gasteiger partial charge in [0.05, 0.1) is 16.1 Å². The Labute approximate surface area is 182 Å². The maximum Gasteiger partial charge on any atom is 0.183 e. The first kappa shape index (κ1) is 21.6. The summed E-state index contributed by atoms with van der Waals surface area (Å²) in [6, 6.07) is 0. The van der Waals surface area contributed by atoms with Gasteiger partial charge < -0.3 is 9.84 Å². The molecule has 0 aliphatic carbocycles. The molecule has 2 aromatic carbocycles. The van der Waals surface area contributed by atoms with Gasteiger partial charge in [-0.1, -0.05) is 46.4 Å². The van der Waals surface area contributed by atoms with Crippen molar-refractivity contribution in [2.24, 2.45) is 0 Å². The largest absolute Gasteiger partial charge is 0.364 e. The van der Waals surface area contributed by atoms with Crippen LogP contribution < -0.4 is 0 Å². The average Bonchev–Trinajstić information content (AvgIpc) is 2.65. The highest BCUT2D eigenvalue weighted by Crippen LogP contribution is 2.48. The number of hydrogen-bond acceptors (Lipinski definition) is 4. The fraction of sp³-hybridized carbons (Fsp3) is 0.300. The molecule has 1 aliphatic heterocycles. The summed E-state index contributed by atoms with van der Waals surface area (Å²) in [7, 11) is 0. The van der Waals surface area contributed by atoms with Gasteiger partial charge in [0, 0.05) is 38.7 Å². The number of aldehydes is 2. The van der Waals surface area contributed by atoms with Crippen molar-refractivity contribution in [2.75, 3.05) is 0 Å². The molecule has 0 amide bonds. The summed E-state index contributed by atoms with van der Waals surface area (Å²) in [5.74, 6) is 0. The Bertz CT molecular complexity index is 1020. The molecular weight excluding hydrogens is 446 g/mol. The minimum absolute atomic E-state index is 0.108. The van der Waals surface area contributed by atoms with E-state index in [1.54, 1.807) is 20.8 Å². The van der Waals surface area contributed by atoms with Crippen LogP contribution in [-0.4, -0.2) is 17.7 Å². The lowest BCUT2D eigenvalue weighted by Crippen LogP contribution is -2.23. The summed E-state index contributed by atoms with van der Waals surface area (Å²) in [6.45, 7) is 5.16. The molecule has 2 unspecified atom stereocenters. The van der Waals surface area contributed by atoms with Crippen molar-refractivity contribution in [3.63, 3.8) is 0 Å². The average molecular weight is 462 g/mol. The van der Waals surface area contributed by atoms with Crippen molar-refractivity contribution in [3.8, 4) is 0 Å². The van der Waals surface area contributed by atoms with Gasteiger partial charge in [0.2, 0.25) is 0 Å². The molecule has 0 fully saturated rings. The summed E-state index contributed by atoms with van der Waals surface area (Å²) < 4.78 is 5.77. The Morgan fingerprint density at radius 3 is 1.86 bits per heavy atom. The molecular formula is C20H16Cl4O4. The van der Waals surface area contributed by atoms with Crippen LogP contribution in [0.1, 0.15) is 66.5 Å². The first-order valence-corrected chi connectivity index (χ1v) is 9.89. The van der Waals surface area contributed by atoms with E-state index in [-0.39, 0.29) is 33.2 Å². The number of rotatable bonds is 3. The lowest BCUT2D eigenvalue weighted by molar-refractivity contribution is -0.151. The predicted octanol–water partition coefficient (Wildman–Crippen LogP) is 6.16. The minimum atomic E-state index is -1.42. The SMILES string of the molecule is Cc1c(Cl)c2c(c(Cl)c1C=O)C(O)OC(c1c(C)c(Cl)c(C)c(C=O)c1Cl)C2. The zero-order chi connectivity index (χ0) is 20.9. The molecule has 2 atom stereocenters. The number of halogens is 4. The van der Waals surface area contributed by atoms with Crippen molar-refractivity contribution < 1.29 is 19.4 Å². The van der Waals surface area contributed by atoms with Crippen molar-refractivity contribution in [2.45, 2.75) is 39.6 Å². The maximum absolute atomic E-state index is 11.5. The zero-order valence-electron chi connectivity index (χ0n) is 15.2. The third kappa shape index (κ3) is 3.17. The molecule has 0 aromatic heterocycles. The fourth-order valence-electron chi connectivity index (χ4n) is 3.64. The number of ether oxygens (including phenoxy) is 1. The number of hydrogen-bond donors (Lipinski definition) is 1. The van der Waals surface area contributed by atoms with Crippen LogP contribution in [0.5, 0.6) is 0 Å². The Hall–Kier alpha value is -1.14. The molecule has 8 heteroatoms. The van der Waals surface area contributed by atoms with E-state index < -0.39 is 12.4 Å². The molecule has 2 aromatic rings. The molecule has 4 nitrogen and oxygen atoms in total. The normalized spacial score (nSPS) is 18.7. The van der Waals surface area contributed by atoms with E-state index >= 15 is 0 Å². The molecule has 1 heterocycles. The van der Waals surface area contributed by atoms with Crippen molar-refractivity contribution >= 4 is 59.0 Å². The van der Waals surface area contributed by atoms with Gasteiger partial charge in [0.15, 0.2) is 18.9 Å². The molecule has 0 spiro atoms. The molecule has 0 saturated heterocycles. The van der Waals surface area contributed by atoms with Crippen LogP contribution in [0.4, 0.5) is 0 Å². The quantitative estimate of drug-likeness (QED) is 0.556. The van der Waals surface area contributed by atoms with Gasteiger partial charge in [-0.25, -0.2) is 0 Å². The summed E-state index contributed by atoms with van der Waals surface area (Å²) in [4.78, 5) is 22.9. The summed E-state index contributed by atoms with van der Waals surface area (Å²) in [5.41, 5.74) is 3.57. The summed E-state index contributed by atoms with van der Waals surface area (Å²) in [5, 5.41) is 11.7. The minimum Gasteiger partial charge on any atom is -0.364 e. The number of aliphatic hydroxyl groups excluding tert-OH is 1. The van der Waals surface area contributed by atoms with E-state index in [1.807, 2.05) is 0 Å². The Kier molecular flexibility index (Phi) is 6.12. The fourth-order valence-corrected chi connectivity index (χ4v) is 4.97. The molecule has 3 rings (SSSR count). The van der Waals surface area contributed by atoms with Crippen molar-refractivity contribution in [1.29, 1.82) is 0 Å². The first-order chi connectivity index (χ1) is 13.1. The summed E-state index contributed by atoms with van der Waals surface area (Å²) in [6.07, 6.45) is -0.650. The molecule has 0 saturated carbocycles. The molecule has 0 bridgehead atoms. The van der Waals surface area contributed by atoms with E-state index in [0.29, 0.717) is 50.4 Å². The van der Waals surface area contributed by atoms with Gasteiger partial charge in [0.1, 0.15) is 0 Å². The van der Waals surface area contributed by atoms with E-state index in [2.05, 4.69) is 0 Å². The number of carbonyl (C=O) groups is 2. The topological polar surface area (TPSA) is 63.6 Å². The van der Waals surface area contributed by atoms with E-state index in [4.69, 9.17) is 51.1 Å². The van der Waals surface area contributed by atoms with Crippen LogP contribution in [0.3, 0.4) is 0 Å². The van der Waals surface area contributed by atoms with E-state index in [1.165, 1.54) is 0 Å². The Morgan fingerprint density at radius 1 is 0.821 bits per heavy atom. The third-order valence-electron chi connectivity index (χ3n) is 5.22. The second-order valence-electron chi connectivity index (χ2n) is 6.68. The number of aliphatic hydroxyl groups is 1. The third-order valence-corrected chi connectivity index (χ3v) is 7.12.